The van der Waals surface area contributed by atoms with Crippen LogP contribution in [0.4, 0.5) is 5.69 Å². The number of anilines is 1. The highest BCUT2D eigenvalue weighted by atomic mass is 35.5. The Morgan fingerprint density at radius 1 is 1.12 bits per heavy atom. The van der Waals surface area contributed by atoms with Gasteiger partial charge in [-0.05, 0) is 29.3 Å². The molecule has 6 nitrogen and oxygen atoms in total. The second kappa shape index (κ2) is 8.03. The van der Waals surface area contributed by atoms with Gasteiger partial charge in [0.1, 0.15) is 6.54 Å². The SMILES string of the molecule is CCc1ccc(-c2nnn(CC(=O)Nc3c(Cl)cc(Cl)cc3Cl)n2)cc1. The van der Waals surface area contributed by atoms with Crippen molar-refractivity contribution in [3.8, 4) is 11.4 Å². The number of amides is 1. The molecule has 3 rings (SSSR count). The van der Waals surface area contributed by atoms with E-state index in [1.165, 1.54) is 22.5 Å². The Hall–Kier alpha value is -2.15. The number of tetrazole rings is 1. The van der Waals surface area contributed by atoms with Crippen molar-refractivity contribution in [1.29, 1.82) is 0 Å². The molecule has 0 unspecified atom stereocenters. The van der Waals surface area contributed by atoms with Gasteiger partial charge in [0.15, 0.2) is 0 Å². The van der Waals surface area contributed by atoms with E-state index < -0.39 is 0 Å². The Kier molecular flexibility index (Phi) is 5.76. The predicted molar refractivity (Wildman–Crippen MR) is 103 cm³/mol. The lowest BCUT2D eigenvalue weighted by Crippen LogP contribution is -2.20. The molecule has 1 aromatic heterocycles. The van der Waals surface area contributed by atoms with Crippen LogP contribution < -0.4 is 5.32 Å². The van der Waals surface area contributed by atoms with Crippen molar-refractivity contribution in [3.05, 3.63) is 57.0 Å². The van der Waals surface area contributed by atoms with Crippen LogP contribution in [0.5, 0.6) is 0 Å². The molecule has 0 aliphatic heterocycles. The van der Waals surface area contributed by atoms with Crippen LogP contribution in [0.2, 0.25) is 15.1 Å². The van der Waals surface area contributed by atoms with Gasteiger partial charge in [-0.1, -0.05) is 66.0 Å². The minimum Gasteiger partial charge on any atom is -0.322 e. The Labute approximate surface area is 165 Å². The first-order valence-corrected chi connectivity index (χ1v) is 8.91. The van der Waals surface area contributed by atoms with Gasteiger partial charge in [0, 0.05) is 10.6 Å². The smallest absolute Gasteiger partial charge is 0.248 e. The molecule has 3 aromatic rings. The van der Waals surface area contributed by atoms with Crippen molar-refractivity contribution in [2.75, 3.05) is 5.32 Å². The van der Waals surface area contributed by atoms with Gasteiger partial charge in [0.2, 0.25) is 11.7 Å². The molecule has 2 aromatic carbocycles. The fraction of sp³-hybridized carbons (Fsp3) is 0.176. The van der Waals surface area contributed by atoms with E-state index in [1.807, 2.05) is 24.3 Å². The highest BCUT2D eigenvalue weighted by molar-refractivity contribution is 6.42. The van der Waals surface area contributed by atoms with Crippen LogP contribution in [0.15, 0.2) is 36.4 Å². The fourth-order valence-electron chi connectivity index (χ4n) is 2.28. The first-order chi connectivity index (χ1) is 12.5. The Bertz CT molecular complexity index is 917. The molecule has 0 fully saturated rings. The lowest BCUT2D eigenvalue weighted by atomic mass is 10.1. The first kappa shape index (κ1) is 18.6. The molecule has 134 valence electrons. The molecule has 1 amide bonds. The number of halogens is 3. The zero-order valence-electron chi connectivity index (χ0n) is 13.7. The summed E-state index contributed by atoms with van der Waals surface area (Å²) >= 11 is 18.0. The number of nitrogens with zero attached hydrogens (tertiary/aromatic N) is 4. The summed E-state index contributed by atoms with van der Waals surface area (Å²) in [7, 11) is 0. The van der Waals surface area contributed by atoms with Crippen LogP contribution in [-0.2, 0) is 17.8 Å². The monoisotopic (exact) mass is 409 g/mol. The standard InChI is InChI=1S/C17H14Cl3N5O/c1-2-10-3-5-11(6-4-10)17-22-24-25(23-17)9-15(26)21-16-13(19)7-12(18)8-14(16)20/h3-8H,2,9H2,1H3,(H,21,26). The average Bonchev–Trinajstić information content (AvgIpc) is 3.06. The number of hydrogen-bond donors (Lipinski definition) is 1. The van der Waals surface area contributed by atoms with Crippen LogP contribution in [-0.4, -0.2) is 26.1 Å². The summed E-state index contributed by atoms with van der Waals surface area (Å²) in [6.07, 6.45) is 0.955. The normalized spacial score (nSPS) is 10.8. The number of aryl methyl sites for hydroxylation is 1. The number of rotatable bonds is 5. The van der Waals surface area contributed by atoms with Gasteiger partial charge in [-0.25, -0.2) is 0 Å². The number of benzene rings is 2. The number of aromatic nitrogens is 4. The average molecular weight is 411 g/mol. The second-order valence-corrected chi connectivity index (χ2v) is 6.74. The summed E-state index contributed by atoms with van der Waals surface area (Å²) in [6, 6.07) is 10.9. The van der Waals surface area contributed by atoms with E-state index in [0.29, 0.717) is 16.5 Å². The maximum atomic E-state index is 12.2. The summed E-state index contributed by atoms with van der Waals surface area (Å²) in [5.74, 6) is 0.0596. The van der Waals surface area contributed by atoms with Gasteiger partial charge < -0.3 is 5.32 Å². The van der Waals surface area contributed by atoms with Gasteiger partial charge >= 0.3 is 0 Å². The molecule has 0 aliphatic carbocycles. The highest BCUT2D eigenvalue weighted by Gasteiger charge is 2.14. The van der Waals surface area contributed by atoms with Crippen LogP contribution in [0.25, 0.3) is 11.4 Å². The minimum atomic E-state index is -0.388. The third-order valence-corrected chi connectivity index (χ3v) is 4.44. The molecule has 0 saturated carbocycles. The third-order valence-electron chi connectivity index (χ3n) is 3.63. The zero-order valence-corrected chi connectivity index (χ0v) is 16.0. The minimum absolute atomic E-state index is 0.130. The number of nitrogens with one attached hydrogen (secondary N) is 1. The van der Waals surface area contributed by atoms with Gasteiger partial charge in [-0.3, -0.25) is 4.79 Å². The maximum Gasteiger partial charge on any atom is 0.248 e. The molecule has 0 bridgehead atoms. The summed E-state index contributed by atoms with van der Waals surface area (Å²) in [5, 5.41) is 15.6. The van der Waals surface area contributed by atoms with Crippen molar-refractivity contribution in [2.45, 2.75) is 19.9 Å². The van der Waals surface area contributed by atoms with Crippen LogP contribution in [0.3, 0.4) is 0 Å². The van der Waals surface area contributed by atoms with Crippen molar-refractivity contribution in [2.24, 2.45) is 0 Å². The van der Waals surface area contributed by atoms with E-state index in [2.05, 4.69) is 27.7 Å². The lowest BCUT2D eigenvalue weighted by Gasteiger charge is -2.09. The molecule has 0 spiro atoms. The summed E-state index contributed by atoms with van der Waals surface area (Å²) < 4.78 is 0. The predicted octanol–water partition coefficient (Wildman–Crippen LogP) is 4.50. The van der Waals surface area contributed by atoms with Gasteiger partial charge in [0.25, 0.3) is 0 Å². The Morgan fingerprint density at radius 2 is 1.77 bits per heavy atom. The van der Waals surface area contributed by atoms with Crippen LogP contribution in [0, 0.1) is 0 Å². The van der Waals surface area contributed by atoms with E-state index in [-0.39, 0.29) is 22.5 Å². The number of hydrogen-bond acceptors (Lipinski definition) is 4. The summed E-state index contributed by atoms with van der Waals surface area (Å²) in [4.78, 5) is 13.4. The molecule has 1 N–H and O–H groups in total. The van der Waals surface area contributed by atoms with E-state index in [4.69, 9.17) is 34.8 Å². The maximum absolute atomic E-state index is 12.2. The van der Waals surface area contributed by atoms with Crippen molar-refractivity contribution < 1.29 is 4.79 Å². The number of carbonyl (C=O) groups excluding carboxylic acids is 1. The molecular weight excluding hydrogens is 397 g/mol. The summed E-state index contributed by atoms with van der Waals surface area (Å²) in [5.41, 5.74) is 2.34. The lowest BCUT2D eigenvalue weighted by molar-refractivity contribution is -0.117. The molecule has 0 aliphatic rings. The largest absolute Gasteiger partial charge is 0.322 e. The van der Waals surface area contributed by atoms with Crippen LogP contribution >= 0.6 is 34.8 Å². The molecule has 0 saturated heterocycles. The molecular formula is C17H14Cl3N5O. The Morgan fingerprint density at radius 3 is 2.38 bits per heavy atom. The van der Waals surface area contributed by atoms with Gasteiger partial charge in [0.05, 0.1) is 15.7 Å². The number of carbonyl (C=O) groups is 1. The highest BCUT2D eigenvalue weighted by Crippen LogP contribution is 2.33. The van der Waals surface area contributed by atoms with E-state index in [0.717, 1.165) is 12.0 Å². The second-order valence-electron chi connectivity index (χ2n) is 5.49. The molecule has 9 heteroatoms. The van der Waals surface area contributed by atoms with E-state index >= 15 is 0 Å². The molecule has 26 heavy (non-hydrogen) atoms. The van der Waals surface area contributed by atoms with Crippen LogP contribution in [0.1, 0.15) is 12.5 Å². The topological polar surface area (TPSA) is 72.7 Å². The summed E-state index contributed by atoms with van der Waals surface area (Å²) in [6.45, 7) is 1.96. The van der Waals surface area contributed by atoms with E-state index in [1.54, 1.807) is 0 Å². The first-order valence-electron chi connectivity index (χ1n) is 7.77. The van der Waals surface area contributed by atoms with Gasteiger partial charge in [-0.15, -0.1) is 10.2 Å². The third kappa shape index (κ3) is 4.33. The fourth-order valence-corrected chi connectivity index (χ4v) is 3.20. The van der Waals surface area contributed by atoms with Crippen molar-refractivity contribution in [1.82, 2.24) is 20.2 Å². The van der Waals surface area contributed by atoms with E-state index in [9.17, 15) is 4.79 Å². The molecule has 0 atom stereocenters. The van der Waals surface area contributed by atoms with Gasteiger partial charge in [-0.2, -0.15) is 4.80 Å². The van der Waals surface area contributed by atoms with Crippen molar-refractivity contribution in [3.63, 3.8) is 0 Å². The zero-order chi connectivity index (χ0) is 18.7. The Balaban J connectivity index is 1.70. The molecule has 0 radical (unpaired) electrons. The molecule has 1 heterocycles. The van der Waals surface area contributed by atoms with Crippen molar-refractivity contribution >= 4 is 46.4 Å². The quantitative estimate of drug-likeness (QED) is 0.672.